The van der Waals surface area contributed by atoms with Crippen LogP contribution in [0.15, 0.2) is 91.5 Å². The highest BCUT2D eigenvalue weighted by molar-refractivity contribution is 5.95. The number of anilines is 2. The van der Waals surface area contributed by atoms with Crippen molar-refractivity contribution < 1.29 is 14.3 Å². The summed E-state index contributed by atoms with van der Waals surface area (Å²) < 4.78 is 5.46. The Hall–Kier alpha value is -4.06. The number of carbonyl (C=O) groups excluding carboxylic acids is 2. The Kier molecular flexibility index (Phi) is 7.83. The van der Waals surface area contributed by atoms with Crippen LogP contribution in [0.5, 0.6) is 5.75 Å². The molecule has 158 valence electrons. The van der Waals surface area contributed by atoms with Gasteiger partial charge in [-0.15, -0.1) is 0 Å². The molecule has 0 spiro atoms. The zero-order chi connectivity index (χ0) is 21.9. The molecule has 0 bridgehead atoms. The van der Waals surface area contributed by atoms with Gasteiger partial charge < -0.3 is 20.7 Å². The van der Waals surface area contributed by atoms with E-state index in [0.29, 0.717) is 30.2 Å². The molecule has 6 nitrogen and oxygen atoms in total. The van der Waals surface area contributed by atoms with Gasteiger partial charge in [-0.2, -0.15) is 0 Å². The molecular weight excluding hydrogens is 390 g/mol. The molecule has 0 aliphatic heterocycles. The van der Waals surface area contributed by atoms with Gasteiger partial charge in [0, 0.05) is 29.5 Å². The second kappa shape index (κ2) is 11.2. The molecule has 3 rings (SSSR count). The molecule has 0 saturated heterocycles. The molecule has 3 N–H and O–H groups in total. The molecule has 0 aromatic heterocycles. The van der Waals surface area contributed by atoms with Crippen LogP contribution < -0.4 is 20.7 Å². The first-order valence-electron chi connectivity index (χ1n) is 9.94. The lowest BCUT2D eigenvalue weighted by Gasteiger charge is -2.10. The molecular formula is C25H25N3O3. The van der Waals surface area contributed by atoms with E-state index >= 15 is 0 Å². The fourth-order valence-electron chi connectivity index (χ4n) is 2.83. The number of rotatable bonds is 10. The molecule has 2 amide bonds. The molecule has 31 heavy (non-hydrogen) atoms. The van der Waals surface area contributed by atoms with Crippen LogP contribution in [0, 0.1) is 0 Å². The number of carbonyl (C=O) groups is 2. The maximum atomic E-state index is 12.3. The second-order valence-corrected chi connectivity index (χ2v) is 6.77. The van der Waals surface area contributed by atoms with E-state index in [2.05, 4.69) is 22.5 Å². The Morgan fingerprint density at radius 3 is 2.42 bits per heavy atom. The third-order valence-corrected chi connectivity index (χ3v) is 4.38. The van der Waals surface area contributed by atoms with E-state index in [0.717, 1.165) is 11.3 Å². The van der Waals surface area contributed by atoms with Gasteiger partial charge in [-0.25, -0.2) is 0 Å². The molecule has 0 fully saturated rings. The molecule has 6 heteroatoms. The predicted octanol–water partition coefficient (Wildman–Crippen LogP) is 4.23. The van der Waals surface area contributed by atoms with E-state index in [1.54, 1.807) is 42.5 Å². The fraction of sp³-hybridized carbons (Fsp3) is 0.120. The van der Waals surface area contributed by atoms with Gasteiger partial charge in [0.2, 0.25) is 5.91 Å². The quantitative estimate of drug-likeness (QED) is 0.433. The van der Waals surface area contributed by atoms with Gasteiger partial charge in [0.1, 0.15) is 12.4 Å². The van der Waals surface area contributed by atoms with Crippen molar-refractivity contribution in [1.29, 1.82) is 0 Å². The van der Waals surface area contributed by atoms with Crippen molar-refractivity contribution in [3.05, 3.63) is 103 Å². The largest absolute Gasteiger partial charge is 0.489 e. The molecule has 0 heterocycles. The molecule has 0 unspecified atom stereocenters. The maximum Gasteiger partial charge on any atom is 0.251 e. The van der Waals surface area contributed by atoms with Crippen LogP contribution in [-0.2, 0) is 11.3 Å². The molecule has 0 atom stereocenters. The van der Waals surface area contributed by atoms with Gasteiger partial charge in [0.25, 0.3) is 5.91 Å². The van der Waals surface area contributed by atoms with Crippen LogP contribution in [0.3, 0.4) is 0 Å². The highest BCUT2D eigenvalue weighted by Gasteiger charge is 2.07. The first-order chi connectivity index (χ1) is 15.1. The Labute approximate surface area is 181 Å². The summed E-state index contributed by atoms with van der Waals surface area (Å²) in [5.74, 6) is 0.323. The van der Waals surface area contributed by atoms with Gasteiger partial charge in [0.05, 0.1) is 6.54 Å². The fourth-order valence-corrected chi connectivity index (χ4v) is 2.83. The zero-order valence-corrected chi connectivity index (χ0v) is 17.1. The average Bonchev–Trinajstić information content (AvgIpc) is 2.81. The van der Waals surface area contributed by atoms with Crippen molar-refractivity contribution >= 4 is 23.2 Å². The van der Waals surface area contributed by atoms with Crippen molar-refractivity contribution in [3.8, 4) is 5.75 Å². The number of amides is 2. The monoisotopic (exact) mass is 415 g/mol. The lowest BCUT2D eigenvalue weighted by atomic mass is 10.1. The Morgan fingerprint density at radius 1 is 0.903 bits per heavy atom. The second-order valence-electron chi connectivity index (χ2n) is 6.77. The van der Waals surface area contributed by atoms with Crippen molar-refractivity contribution in [1.82, 2.24) is 5.32 Å². The normalized spacial score (nSPS) is 10.1. The van der Waals surface area contributed by atoms with Gasteiger partial charge in [-0.05, 0) is 42.0 Å². The molecule has 0 radical (unpaired) electrons. The summed E-state index contributed by atoms with van der Waals surface area (Å²) in [7, 11) is 0. The minimum absolute atomic E-state index is 0.0945. The summed E-state index contributed by atoms with van der Waals surface area (Å²) in [6.45, 7) is 4.58. The molecule has 0 saturated carbocycles. The number of ether oxygens (including phenoxy) is 1. The zero-order valence-electron chi connectivity index (χ0n) is 17.1. The van der Waals surface area contributed by atoms with Crippen LogP contribution in [0.4, 0.5) is 11.4 Å². The lowest BCUT2D eigenvalue weighted by Crippen LogP contribution is -2.23. The van der Waals surface area contributed by atoms with E-state index in [4.69, 9.17) is 4.74 Å². The minimum atomic E-state index is -0.189. The first-order valence-corrected chi connectivity index (χ1v) is 9.94. The van der Waals surface area contributed by atoms with Crippen molar-refractivity contribution in [3.63, 3.8) is 0 Å². The van der Waals surface area contributed by atoms with E-state index in [9.17, 15) is 9.59 Å². The summed E-state index contributed by atoms with van der Waals surface area (Å²) in [5, 5.41) is 8.76. The predicted molar refractivity (Wildman–Crippen MR) is 123 cm³/mol. The molecule has 3 aromatic carbocycles. The first kappa shape index (κ1) is 21.6. The third-order valence-electron chi connectivity index (χ3n) is 4.38. The van der Waals surface area contributed by atoms with Gasteiger partial charge in [0.15, 0.2) is 0 Å². The maximum absolute atomic E-state index is 12.3. The Morgan fingerprint density at radius 2 is 1.68 bits per heavy atom. The highest BCUT2D eigenvalue weighted by Crippen LogP contribution is 2.17. The van der Waals surface area contributed by atoms with Gasteiger partial charge >= 0.3 is 0 Å². The van der Waals surface area contributed by atoms with Crippen molar-refractivity contribution in [2.75, 3.05) is 23.8 Å². The summed E-state index contributed by atoms with van der Waals surface area (Å²) in [6.07, 6.45) is 1.66. The number of hydrogen-bond donors (Lipinski definition) is 3. The molecule has 0 aliphatic carbocycles. The van der Waals surface area contributed by atoms with Crippen LogP contribution in [0.2, 0.25) is 0 Å². The topological polar surface area (TPSA) is 79.5 Å². The Bertz CT molecular complexity index is 1020. The van der Waals surface area contributed by atoms with Crippen LogP contribution in [0.25, 0.3) is 0 Å². The van der Waals surface area contributed by atoms with Gasteiger partial charge in [-0.1, -0.05) is 49.1 Å². The van der Waals surface area contributed by atoms with Crippen LogP contribution >= 0.6 is 0 Å². The number of nitrogens with one attached hydrogen (secondary N) is 3. The SMILES string of the molecule is C=CCOc1cccc(NC(=O)CNc2ccc(C(=O)NCc3ccccc3)cc2)c1. The molecule has 3 aromatic rings. The highest BCUT2D eigenvalue weighted by atomic mass is 16.5. The van der Waals surface area contributed by atoms with E-state index < -0.39 is 0 Å². The van der Waals surface area contributed by atoms with Crippen LogP contribution in [-0.4, -0.2) is 25.0 Å². The van der Waals surface area contributed by atoms with E-state index in [1.807, 2.05) is 42.5 Å². The average molecular weight is 415 g/mol. The van der Waals surface area contributed by atoms with Gasteiger partial charge in [-0.3, -0.25) is 9.59 Å². The Balaban J connectivity index is 1.46. The van der Waals surface area contributed by atoms with E-state index in [1.165, 1.54) is 0 Å². The summed E-state index contributed by atoms with van der Waals surface area (Å²) in [5.41, 5.74) is 3.00. The number of hydrogen-bond acceptors (Lipinski definition) is 4. The van der Waals surface area contributed by atoms with E-state index in [-0.39, 0.29) is 18.4 Å². The summed E-state index contributed by atoms with van der Waals surface area (Å²) >= 11 is 0. The third kappa shape index (κ3) is 7.04. The van der Waals surface area contributed by atoms with Crippen LogP contribution in [0.1, 0.15) is 15.9 Å². The summed E-state index contributed by atoms with van der Waals surface area (Å²) in [4.78, 5) is 24.5. The number of benzene rings is 3. The standard InChI is InChI=1S/C25H25N3O3/c1-2-15-31-23-10-6-9-22(16-23)28-24(29)18-26-21-13-11-20(12-14-21)25(30)27-17-19-7-4-3-5-8-19/h2-14,16,26H,1,15,17-18H2,(H,27,30)(H,28,29). The lowest BCUT2D eigenvalue weighted by molar-refractivity contribution is -0.114. The van der Waals surface area contributed by atoms with Crippen molar-refractivity contribution in [2.24, 2.45) is 0 Å². The smallest absolute Gasteiger partial charge is 0.251 e. The molecule has 0 aliphatic rings. The minimum Gasteiger partial charge on any atom is -0.489 e. The van der Waals surface area contributed by atoms with Crippen molar-refractivity contribution in [2.45, 2.75) is 6.54 Å². The summed E-state index contributed by atoms with van der Waals surface area (Å²) in [6, 6.07) is 23.9.